The van der Waals surface area contributed by atoms with E-state index < -0.39 is 11.5 Å². The molecule has 0 bridgehead atoms. The molecule has 1 aliphatic carbocycles. The molecule has 2 N–H and O–H groups in total. The van der Waals surface area contributed by atoms with E-state index in [-0.39, 0.29) is 6.04 Å². The SMILES string of the molecule is CCCC1CCC(NC(C)C)(C(=O)O)CC1. The molecule has 0 saturated heterocycles. The molecule has 1 aliphatic rings. The van der Waals surface area contributed by atoms with E-state index in [1.807, 2.05) is 13.8 Å². The number of rotatable bonds is 5. The highest BCUT2D eigenvalue weighted by Gasteiger charge is 2.41. The Bertz CT molecular complexity index is 230. The van der Waals surface area contributed by atoms with Crippen molar-refractivity contribution in [3.05, 3.63) is 0 Å². The number of carboxylic acid groups (broad SMARTS) is 1. The van der Waals surface area contributed by atoms with Crippen molar-refractivity contribution in [2.45, 2.75) is 70.9 Å². The predicted molar refractivity (Wildman–Crippen MR) is 65.5 cm³/mol. The average molecular weight is 227 g/mol. The van der Waals surface area contributed by atoms with Crippen LogP contribution < -0.4 is 5.32 Å². The van der Waals surface area contributed by atoms with Crippen LogP contribution in [0.3, 0.4) is 0 Å². The van der Waals surface area contributed by atoms with Crippen LogP contribution in [0, 0.1) is 5.92 Å². The molecular formula is C13H25NO2. The Labute approximate surface area is 98.6 Å². The van der Waals surface area contributed by atoms with E-state index in [4.69, 9.17) is 0 Å². The van der Waals surface area contributed by atoms with Gasteiger partial charge in [0.15, 0.2) is 0 Å². The summed E-state index contributed by atoms with van der Waals surface area (Å²) in [5.41, 5.74) is -0.654. The summed E-state index contributed by atoms with van der Waals surface area (Å²) in [6.45, 7) is 6.23. The molecule has 1 rings (SSSR count). The maximum atomic E-state index is 11.4. The van der Waals surface area contributed by atoms with E-state index in [0.717, 1.165) is 31.6 Å². The summed E-state index contributed by atoms with van der Waals surface area (Å²) in [5.74, 6) is 0.0718. The highest BCUT2D eigenvalue weighted by molar-refractivity contribution is 5.79. The van der Waals surface area contributed by atoms with Crippen LogP contribution in [-0.4, -0.2) is 22.7 Å². The molecule has 0 unspecified atom stereocenters. The Kier molecular flexibility index (Phi) is 4.78. The Balaban J connectivity index is 2.59. The van der Waals surface area contributed by atoms with Crippen molar-refractivity contribution in [1.82, 2.24) is 5.32 Å². The summed E-state index contributed by atoms with van der Waals surface area (Å²) < 4.78 is 0. The highest BCUT2D eigenvalue weighted by Crippen LogP contribution is 2.34. The van der Waals surface area contributed by atoms with Gasteiger partial charge in [-0.05, 0) is 45.4 Å². The van der Waals surface area contributed by atoms with Crippen LogP contribution in [0.2, 0.25) is 0 Å². The number of nitrogens with one attached hydrogen (secondary N) is 1. The molecule has 1 saturated carbocycles. The quantitative estimate of drug-likeness (QED) is 0.759. The molecule has 16 heavy (non-hydrogen) atoms. The molecule has 0 atom stereocenters. The number of hydrogen-bond acceptors (Lipinski definition) is 2. The molecule has 0 aromatic heterocycles. The minimum absolute atomic E-state index is 0.235. The number of aliphatic carboxylic acids is 1. The molecule has 1 fully saturated rings. The van der Waals surface area contributed by atoms with Crippen LogP contribution in [0.5, 0.6) is 0 Å². The maximum Gasteiger partial charge on any atom is 0.323 e. The Morgan fingerprint density at radius 1 is 1.44 bits per heavy atom. The fourth-order valence-electron chi connectivity index (χ4n) is 2.84. The van der Waals surface area contributed by atoms with E-state index in [0.29, 0.717) is 0 Å². The molecule has 0 aromatic rings. The third kappa shape index (κ3) is 3.21. The first-order chi connectivity index (χ1) is 7.50. The van der Waals surface area contributed by atoms with Crippen LogP contribution in [-0.2, 0) is 4.79 Å². The van der Waals surface area contributed by atoms with Gasteiger partial charge in [0, 0.05) is 6.04 Å². The van der Waals surface area contributed by atoms with Crippen LogP contribution in [0.4, 0.5) is 0 Å². The summed E-state index contributed by atoms with van der Waals surface area (Å²) in [5, 5.41) is 12.6. The smallest absolute Gasteiger partial charge is 0.323 e. The van der Waals surface area contributed by atoms with Gasteiger partial charge < -0.3 is 5.11 Å². The van der Waals surface area contributed by atoms with Gasteiger partial charge in [-0.15, -0.1) is 0 Å². The number of carbonyl (C=O) groups is 1. The van der Waals surface area contributed by atoms with Gasteiger partial charge >= 0.3 is 5.97 Å². The zero-order valence-electron chi connectivity index (χ0n) is 10.8. The molecule has 3 nitrogen and oxygen atoms in total. The zero-order chi connectivity index (χ0) is 12.2. The Morgan fingerprint density at radius 3 is 2.38 bits per heavy atom. The lowest BCUT2D eigenvalue weighted by atomic mass is 9.75. The standard InChI is InChI=1S/C13H25NO2/c1-4-5-11-6-8-13(9-7-11,12(15)16)14-10(2)3/h10-11,14H,4-9H2,1-3H3,(H,15,16). The van der Waals surface area contributed by atoms with E-state index in [1.54, 1.807) is 0 Å². The second-order valence-electron chi connectivity index (χ2n) is 5.42. The van der Waals surface area contributed by atoms with Gasteiger partial charge in [-0.2, -0.15) is 0 Å². The van der Waals surface area contributed by atoms with Crippen molar-refractivity contribution >= 4 is 5.97 Å². The summed E-state index contributed by atoms with van der Waals surface area (Å²) in [6, 6.07) is 0.235. The van der Waals surface area contributed by atoms with Crippen molar-refractivity contribution in [3.63, 3.8) is 0 Å². The minimum atomic E-state index is -0.670. The second kappa shape index (κ2) is 5.67. The molecule has 94 valence electrons. The monoisotopic (exact) mass is 227 g/mol. The fraction of sp³-hybridized carbons (Fsp3) is 0.923. The lowest BCUT2D eigenvalue weighted by Crippen LogP contribution is -2.56. The maximum absolute atomic E-state index is 11.4. The van der Waals surface area contributed by atoms with E-state index in [1.165, 1.54) is 12.8 Å². The van der Waals surface area contributed by atoms with Gasteiger partial charge in [-0.3, -0.25) is 10.1 Å². The predicted octanol–water partition coefficient (Wildman–Crippen LogP) is 2.80. The second-order valence-corrected chi connectivity index (χ2v) is 5.42. The summed E-state index contributed by atoms with van der Waals surface area (Å²) >= 11 is 0. The van der Waals surface area contributed by atoms with Crippen molar-refractivity contribution in [2.24, 2.45) is 5.92 Å². The van der Waals surface area contributed by atoms with E-state index >= 15 is 0 Å². The van der Waals surface area contributed by atoms with Crippen molar-refractivity contribution in [1.29, 1.82) is 0 Å². The Morgan fingerprint density at radius 2 is 2.00 bits per heavy atom. The average Bonchev–Trinajstić information content (AvgIpc) is 2.20. The summed E-state index contributed by atoms with van der Waals surface area (Å²) in [6.07, 6.45) is 6.13. The van der Waals surface area contributed by atoms with Crippen LogP contribution in [0.1, 0.15) is 59.3 Å². The largest absolute Gasteiger partial charge is 0.480 e. The van der Waals surface area contributed by atoms with Crippen molar-refractivity contribution in [3.8, 4) is 0 Å². The van der Waals surface area contributed by atoms with E-state index in [2.05, 4.69) is 12.2 Å². The van der Waals surface area contributed by atoms with Crippen LogP contribution in [0.15, 0.2) is 0 Å². The lowest BCUT2D eigenvalue weighted by Gasteiger charge is -2.39. The summed E-state index contributed by atoms with van der Waals surface area (Å²) in [7, 11) is 0. The van der Waals surface area contributed by atoms with E-state index in [9.17, 15) is 9.90 Å². The first-order valence-electron chi connectivity index (χ1n) is 6.51. The van der Waals surface area contributed by atoms with Crippen molar-refractivity contribution in [2.75, 3.05) is 0 Å². The Hall–Kier alpha value is -0.570. The molecule has 0 aromatic carbocycles. The molecule has 0 heterocycles. The normalized spacial score (nSPS) is 30.6. The van der Waals surface area contributed by atoms with Gasteiger partial charge in [-0.25, -0.2) is 0 Å². The van der Waals surface area contributed by atoms with Gasteiger partial charge in [0.05, 0.1) is 0 Å². The molecule has 0 aliphatic heterocycles. The topological polar surface area (TPSA) is 49.3 Å². The van der Waals surface area contributed by atoms with Gasteiger partial charge in [0.25, 0.3) is 0 Å². The zero-order valence-corrected chi connectivity index (χ0v) is 10.8. The fourth-order valence-corrected chi connectivity index (χ4v) is 2.84. The molecule has 3 heteroatoms. The van der Waals surface area contributed by atoms with Crippen LogP contribution >= 0.6 is 0 Å². The number of carboxylic acids is 1. The highest BCUT2D eigenvalue weighted by atomic mass is 16.4. The molecule has 0 spiro atoms. The molecule has 0 amide bonds. The van der Waals surface area contributed by atoms with Crippen molar-refractivity contribution < 1.29 is 9.90 Å². The third-order valence-electron chi connectivity index (χ3n) is 3.63. The summed E-state index contributed by atoms with van der Waals surface area (Å²) in [4.78, 5) is 11.4. The first kappa shape index (κ1) is 13.5. The minimum Gasteiger partial charge on any atom is -0.480 e. The molecule has 0 radical (unpaired) electrons. The number of hydrogen-bond donors (Lipinski definition) is 2. The lowest BCUT2D eigenvalue weighted by molar-refractivity contribution is -0.147. The third-order valence-corrected chi connectivity index (χ3v) is 3.63. The van der Waals surface area contributed by atoms with Crippen LogP contribution in [0.25, 0.3) is 0 Å². The van der Waals surface area contributed by atoms with Gasteiger partial charge in [0.2, 0.25) is 0 Å². The first-order valence-corrected chi connectivity index (χ1v) is 6.51. The van der Waals surface area contributed by atoms with Gasteiger partial charge in [0.1, 0.15) is 5.54 Å². The molecular weight excluding hydrogens is 202 g/mol. The van der Waals surface area contributed by atoms with Gasteiger partial charge in [-0.1, -0.05) is 19.8 Å².